The van der Waals surface area contributed by atoms with E-state index in [1.165, 1.54) is 19.3 Å². The van der Waals surface area contributed by atoms with Crippen molar-refractivity contribution in [3.63, 3.8) is 0 Å². The minimum atomic E-state index is -0.0195. The molecular weight excluding hydrogens is 497 g/mol. The van der Waals surface area contributed by atoms with Crippen LogP contribution in [0.2, 0.25) is 0 Å². The van der Waals surface area contributed by atoms with Crippen molar-refractivity contribution in [3.05, 3.63) is 24.2 Å². The molecular formula is C21H36IN5O3. The van der Waals surface area contributed by atoms with Crippen LogP contribution in [0.3, 0.4) is 0 Å². The van der Waals surface area contributed by atoms with Crippen molar-refractivity contribution >= 4 is 35.8 Å². The molecule has 0 saturated carbocycles. The van der Waals surface area contributed by atoms with Gasteiger partial charge in [0.2, 0.25) is 5.91 Å². The van der Waals surface area contributed by atoms with Crippen molar-refractivity contribution in [2.75, 3.05) is 60.0 Å². The molecule has 8 nitrogen and oxygen atoms in total. The van der Waals surface area contributed by atoms with Crippen LogP contribution in [0.1, 0.15) is 37.5 Å². The van der Waals surface area contributed by atoms with Crippen LogP contribution in [-0.2, 0) is 9.53 Å². The van der Waals surface area contributed by atoms with Gasteiger partial charge in [0.15, 0.2) is 5.96 Å². The minimum absolute atomic E-state index is 0. The van der Waals surface area contributed by atoms with E-state index in [1.807, 2.05) is 12.1 Å². The molecule has 2 aliphatic heterocycles. The molecule has 2 fully saturated rings. The zero-order chi connectivity index (χ0) is 20.5. The third-order valence-corrected chi connectivity index (χ3v) is 5.62. The number of nitrogens with zero attached hydrogens (tertiary/aromatic N) is 3. The Bertz CT molecular complexity index is 641. The maximum absolute atomic E-state index is 12.0. The van der Waals surface area contributed by atoms with Crippen LogP contribution in [-0.4, -0.2) is 81.7 Å². The lowest BCUT2D eigenvalue weighted by molar-refractivity contribution is -0.127. The van der Waals surface area contributed by atoms with Crippen LogP contribution in [0, 0.1) is 5.92 Å². The van der Waals surface area contributed by atoms with Gasteiger partial charge in [0, 0.05) is 39.7 Å². The Morgan fingerprint density at radius 2 is 2.10 bits per heavy atom. The first kappa shape index (κ1) is 24.9. The molecule has 0 radical (unpaired) electrons. The molecule has 9 heteroatoms. The van der Waals surface area contributed by atoms with Crippen molar-refractivity contribution < 1.29 is 13.9 Å². The first-order valence-corrected chi connectivity index (χ1v) is 10.7. The van der Waals surface area contributed by atoms with Crippen molar-refractivity contribution in [2.45, 2.75) is 31.7 Å². The zero-order valence-electron chi connectivity index (χ0n) is 18.1. The van der Waals surface area contributed by atoms with Gasteiger partial charge >= 0.3 is 0 Å². The van der Waals surface area contributed by atoms with E-state index in [4.69, 9.17) is 9.15 Å². The number of amides is 1. The summed E-state index contributed by atoms with van der Waals surface area (Å²) in [6.07, 6.45) is 6.51. The number of carbonyl (C=O) groups is 1. The highest BCUT2D eigenvalue weighted by molar-refractivity contribution is 14.0. The molecule has 2 aliphatic rings. The van der Waals surface area contributed by atoms with E-state index in [-0.39, 0.29) is 42.5 Å². The van der Waals surface area contributed by atoms with Gasteiger partial charge in [-0.2, -0.15) is 0 Å². The highest BCUT2D eigenvalue weighted by Crippen LogP contribution is 2.24. The van der Waals surface area contributed by atoms with Gasteiger partial charge in [-0.15, -0.1) is 24.0 Å². The second kappa shape index (κ2) is 13.2. The Morgan fingerprint density at radius 1 is 1.30 bits per heavy atom. The fourth-order valence-corrected chi connectivity index (χ4v) is 3.76. The number of rotatable bonds is 8. The van der Waals surface area contributed by atoms with Crippen LogP contribution in [0.5, 0.6) is 0 Å². The van der Waals surface area contributed by atoms with E-state index >= 15 is 0 Å². The average molecular weight is 533 g/mol. The number of likely N-dealkylation sites (tertiary alicyclic amines) is 1. The topological polar surface area (TPSA) is 82.3 Å². The number of aliphatic imine (C=N–C) groups is 1. The number of halogens is 1. The fraction of sp³-hybridized carbons (Fsp3) is 0.714. The van der Waals surface area contributed by atoms with Crippen molar-refractivity contribution in [3.8, 4) is 0 Å². The first-order chi connectivity index (χ1) is 14.1. The Balaban J connectivity index is 0.00000320. The third kappa shape index (κ3) is 7.73. The molecule has 30 heavy (non-hydrogen) atoms. The lowest BCUT2D eigenvalue weighted by atomic mass is 10.1. The number of piperidine rings is 1. The Labute approximate surface area is 196 Å². The number of hydrogen-bond acceptors (Lipinski definition) is 5. The van der Waals surface area contributed by atoms with Crippen LogP contribution >= 0.6 is 24.0 Å². The highest BCUT2D eigenvalue weighted by atomic mass is 127. The SMILES string of the molecule is CN(C)C(=O)CN=C(NCC1CCOC1)NCC(c1ccco1)N1CCCCC1.I. The van der Waals surface area contributed by atoms with Crippen molar-refractivity contribution in [1.82, 2.24) is 20.4 Å². The minimum Gasteiger partial charge on any atom is -0.468 e. The lowest BCUT2D eigenvalue weighted by Crippen LogP contribution is -2.46. The lowest BCUT2D eigenvalue weighted by Gasteiger charge is -2.33. The number of nitrogens with one attached hydrogen (secondary N) is 2. The molecule has 0 spiro atoms. The molecule has 170 valence electrons. The van der Waals surface area contributed by atoms with Crippen molar-refractivity contribution in [1.29, 1.82) is 0 Å². The zero-order valence-corrected chi connectivity index (χ0v) is 20.5. The summed E-state index contributed by atoms with van der Waals surface area (Å²) in [5.74, 6) is 2.09. The van der Waals surface area contributed by atoms with E-state index in [1.54, 1.807) is 25.3 Å². The molecule has 2 N–H and O–H groups in total. The van der Waals surface area contributed by atoms with Crippen LogP contribution in [0.25, 0.3) is 0 Å². The van der Waals surface area contributed by atoms with E-state index in [2.05, 4.69) is 20.5 Å². The summed E-state index contributed by atoms with van der Waals surface area (Å²) in [7, 11) is 3.50. The Morgan fingerprint density at radius 3 is 2.73 bits per heavy atom. The fourth-order valence-electron chi connectivity index (χ4n) is 3.76. The van der Waals surface area contributed by atoms with Gasteiger partial charge in [0.25, 0.3) is 0 Å². The quantitative estimate of drug-likeness (QED) is 0.303. The predicted molar refractivity (Wildman–Crippen MR) is 128 cm³/mol. The monoisotopic (exact) mass is 533 g/mol. The number of guanidine groups is 1. The summed E-state index contributed by atoms with van der Waals surface area (Å²) >= 11 is 0. The smallest absolute Gasteiger partial charge is 0.243 e. The molecule has 3 heterocycles. The molecule has 2 unspecified atom stereocenters. The number of likely N-dealkylation sites (N-methyl/N-ethyl adjacent to an activating group) is 1. The summed E-state index contributed by atoms with van der Waals surface area (Å²) < 4.78 is 11.2. The maximum Gasteiger partial charge on any atom is 0.243 e. The van der Waals surface area contributed by atoms with E-state index in [9.17, 15) is 4.79 Å². The summed E-state index contributed by atoms with van der Waals surface area (Å²) in [6, 6.07) is 4.13. The Kier molecular flexibility index (Phi) is 10.9. The van der Waals surface area contributed by atoms with Crippen LogP contribution in [0.4, 0.5) is 0 Å². The molecule has 0 aliphatic carbocycles. The maximum atomic E-state index is 12.0. The molecule has 0 aromatic carbocycles. The number of hydrogen-bond donors (Lipinski definition) is 2. The second-order valence-corrected chi connectivity index (χ2v) is 8.07. The van der Waals surface area contributed by atoms with Gasteiger partial charge in [-0.25, -0.2) is 4.99 Å². The third-order valence-electron chi connectivity index (χ3n) is 5.62. The van der Waals surface area contributed by atoms with Crippen LogP contribution in [0.15, 0.2) is 27.8 Å². The molecule has 0 bridgehead atoms. The van der Waals surface area contributed by atoms with Gasteiger partial charge in [-0.1, -0.05) is 6.42 Å². The summed E-state index contributed by atoms with van der Waals surface area (Å²) in [5.41, 5.74) is 0. The van der Waals surface area contributed by atoms with E-state index in [0.29, 0.717) is 18.4 Å². The van der Waals surface area contributed by atoms with E-state index in [0.717, 1.165) is 45.0 Å². The van der Waals surface area contributed by atoms with Gasteiger partial charge < -0.3 is 24.7 Å². The number of furan rings is 1. The summed E-state index contributed by atoms with van der Waals surface area (Å²) in [4.78, 5) is 20.6. The highest BCUT2D eigenvalue weighted by Gasteiger charge is 2.25. The van der Waals surface area contributed by atoms with Gasteiger partial charge in [-0.3, -0.25) is 9.69 Å². The second-order valence-electron chi connectivity index (χ2n) is 8.07. The Hall–Kier alpha value is -1.33. The summed E-state index contributed by atoms with van der Waals surface area (Å²) in [5, 5.41) is 6.85. The average Bonchev–Trinajstić information content (AvgIpc) is 3.44. The summed E-state index contributed by atoms with van der Waals surface area (Å²) in [6.45, 7) is 5.34. The van der Waals surface area contributed by atoms with Gasteiger partial charge in [0.1, 0.15) is 12.3 Å². The van der Waals surface area contributed by atoms with E-state index < -0.39 is 0 Å². The van der Waals surface area contributed by atoms with Crippen molar-refractivity contribution in [2.24, 2.45) is 10.9 Å². The number of carbonyl (C=O) groups excluding carboxylic acids is 1. The van der Waals surface area contributed by atoms with Crippen LogP contribution < -0.4 is 10.6 Å². The molecule has 1 aromatic rings. The number of ether oxygens (including phenoxy) is 1. The molecule has 2 atom stereocenters. The molecule has 2 saturated heterocycles. The van der Waals surface area contributed by atoms with Gasteiger partial charge in [0.05, 0.1) is 18.9 Å². The molecule has 1 amide bonds. The van der Waals surface area contributed by atoms with Gasteiger partial charge in [-0.05, 0) is 44.5 Å². The molecule has 1 aromatic heterocycles. The first-order valence-electron chi connectivity index (χ1n) is 10.7. The normalized spacial score (nSPS) is 21.0. The standard InChI is InChI=1S/C21H35N5O3.HI/c1-25(2)20(27)15-24-21(22-13-17-8-12-28-16-17)23-14-18(19-7-6-11-29-19)26-9-4-3-5-10-26;/h6-7,11,17-18H,3-5,8-10,12-16H2,1-2H3,(H2,22,23,24);1H. The molecule has 3 rings (SSSR count). The largest absolute Gasteiger partial charge is 0.468 e. The predicted octanol–water partition coefficient (Wildman–Crippen LogP) is 2.08.